The van der Waals surface area contributed by atoms with Crippen molar-refractivity contribution in [3.05, 3.63) is 54.3 Å². The van der Waals surface area contributed by atoms with Crippen LogP contribution in [0.1, 0.15) is 13.8 Å². The lowest BCUT2D eigenvalue weighted by atomic mass is 10.3. The summed E-state index contributed by atoms with van der Waals surface area (Å²) in [6.07, 6.45) is 0. The Balaban J connectivity index is 2.50. The van der Waals surface area contributed by atoms with E-state index in [0.717, 1.165) is 16.4 Å². The molecule has 2 aromatic carbocycles. The maximum Gasteiger partial charge on any atom is 0.265 e. The summed E-state index contributed by atoms with van der Waals surface area (Å²) in [4.78, 5) is 22.6. The van der Waals surface area contributed by atoms with E-state index in [0.29, 0.717) is 5.69 Å². The molecule has 1 unspecified atom stereocenters. The quantitative estimate of drug-likeness (QED) is 0.758. The Hall–Kier alpha value is -2.45. The van der Waals surface area contributed by atoms with E-state index >= 15 is 0 Å². The number of anilines is 2. The molecule has 1 atom stereocenters. The summed E-state index contributed by atoms with van der Waals surface area (Å²) in [5, 5.41) is 1.65. The number of carbonyl (C=O) groups is 2. The number of nitrogens with zero attached hydrogens (tertiary/aromatic N) is 1. The van der Waals surface area contributed by atoms with Crippen molar-refractivity contribution in [2.24, 2.45) is 0 Å². The van der Waals surface area contributed by atoms with Crippen molar-refractivity contribution in [1.82, 2.24) is 0 Å². The topological polar surface area (TPSA) is 83.6 Å². The minimum Gasteiger partial charge on any atom is -0.326 e. The van der Waals surface area contributed by atoms with Crippen molar-refractivity contribution in [3.8, 4) is 0 Å². The third-order valence-electron chi connectivity index (χ3n) is 3.49. The summed E-state index contributed by atoms with van der Waals surface area (Å²) in [5.41, 5.74) is 0.519. The average Bonchev–Trinajstić information content (AvgIpc) is 2.56. The molecule has 9 heteroatoms. The van der Waals surface area contributed by atoms with Gasteiger partial charge in [0.1, 0.15) is 11.9 Å². The Labute approximate surface area is 155 Å². The van der Waals surface area contributed by atoms with Crippen LogP contribution in [0.2, 0.25) is 0 Å². The van der Waals surface area contributed by atoms with Gasteiger partial charge in [0.15, 0.2) is 0 Å². The zero-order valence-electron chi connectivity index (χ0n) is 13.9. The van der Waals surface area contributed by atoms with Gasteiger partial charge in [-0.2, -0.15) is 0 Å². The summed E-state index contributed by atoms with van der Waals surface area (Å²) >= 11 is 5.51. The number of benzene rings is 2. The van der Waals surface area contributed by atoms with Gasteiger partial charge in [-0.1, -0.05) is 0 Å². The highest BCUT2D eigenvalue weighted by Gasteiger charge is 2.32. The number of halogens is 2. The fraction of sp³-hybridized carbons (Fsp3) is 0.176. The molecule has 1 N–H and O–H groups in total. The molecule has 26 heavy (non-hydrogen) atoms. The molecule has 2 rings (SSSR count). The van der Waals surface area contributed by atoms with Gasteiger partial charge in [-0.3, -0.25) is 13.9 Å². The number of sulfonamides is 1. The monoisotopic (exact) mass is 398 g/mol. The van der Waals surface area contributed by atoms with Crippen LogP contribution in [0.5, 0.6) is 0 Å². The minimum absolute atomic E-state index is 0.0961. The second-order valence-corrected chi connectivity index (χ2v) is 7.65. The van der Waals surface area contributed by atoms with Gasteiger partial charge < -0.3 is 5.32 Å². The van der Waals surface area contributed by atoms with E-state index in [1.54, 1.807) is 0 Å². The molecule has 0 heterocycles. The molecule has 0 saturated carbocycles. The number of hydrogen-bond donors (Lipinski definition) is 1. The predicted octanol–water partition coefficient (Wildman–Crippen LogP) is 3.13. The second-order valence-electron chi connectivity index (χ2n) is 5.46. The van der Waals surface area contributed by atoms with Crippen LogP contribution < -0.4 is 9.62 Å². The van der Waals surface area contributed by atoms with Gasteiger partial charge in [0, 0.05) is 12.6 Å². The highest BCUT2D eigenvalue weighted by Crippen LogP contribution is 2.28. The van der Waals surface area contributed by atoms with Crippen molar-refractivity contribution in [2.75, 3.05) is 9.62 Å². The van der Waals surface area contributed by atoms with E-state index in [1.165, 1.54) is 50.2 Å². The first-order valence-corrected chi connectivity index (χ1v) is 9.31. The molecule has 0 aliphatic carbocycles. The molecule has 0 aromatic heterocycles. The summed E-state index contributed by atoms with van der Waals surface area (Å²) in [5.74, 6) is -0.842. The Morgan fingerprint density at radius 2 is 1.62 bits per heavy atom. The average molecular weight is 399 g/mol. The van der Waals surface area contributed by atoms with Crippen molar-refractivity contribution in [1.29, 1.82) is 0 Å². The number of carbonyl (C=O) groups excluding carboxylic acids is 2. The lowest BCUT2D eigenvalue weighted by Crippen LogP contribution is -2.42. The smallest absolute Gasteiger partial charge is 0.265 e. The Bertz CT molecular complexity index is 915. The number of rotatable bonds is 6. The van der Waals surface area contributed by atoms with Gasteiger partial charge in [-0.15, -0.1) is 0 Å². The molecular weight excluding hydrogens is 383 g/mol. The van der Waals surface area contributed by atoms with Crippen molar-refractivity contribution in [2.45, 2.75) is 24.8 Å². The molecule has 1 amide bonds. The van der Waals surface area contributed by atoms with Crippen LogP contribution >= 0.6 is 11.6 Å². The first-order valence-electron chi connectivity index (χ1n) is 7.50. The van der Waals surface area contributed by atoms with Gasteiger partial charge in [0.25, 0.3) is 10.0 Å². The second kappa shape index (κ2) is 7.84. The Kier molecular flexibility index (Phi) is 5.99. The van der Waals surface area contributed by atoms with Crippen LogP contribution in [0.15, 0.2) is 53.4 Å². The molecule has 6 nitrogen and oxygen atoms in total. The van der Waals surface area contributed by atoms with Crippen LogP contribution in [-0.2, 0) is 19.6 Å². The van der Waals surface area contributed by atoms with Crippen molar-refractivity contribution in [3.63, 3.8) is 0 Å². The maximum atomic E-state index is 13.2. The third kappa shape index (κ3) is 4.39. The minimum atomic E-state index is -4.16. The van der Waals surface area contributed by atoms with Crippen molar-refractivity contribution < 1.29 is 22.4 Å². The van der Waals surface area contributed by atoms with Crippen LogP contribution in [0, 0.1) is 5.82 Å². The molecule has 0 aliphatic heterocycles. The van der Waals surface area contributed by atoms with E-state index in [-0.39, 0.29) is 16.5 Å². The van der Waals surface area contributed by atoms with Gasteiger partial charge in [0.05, 0.1) is 10.6 Å². The van der Waals surface area contributed by atoms with E-state index in [1.807, 2.05) is 0 Å². The van der Waals surface area contributed by atoms with Gasteiger partial charge >= 0.3 is 0 Å². The van der Waals surface area contributed by atoms with Crippen molar-refractivity contribution >= 4 is 44.1 Å². The molecular formula is C17H16ClFN2O4S. The standard InChI is InChI=1S/C17H16ClFN2O4S/c1-11(17(18)23)21(15-7-3-13(19)4-8-15)26(24,25)16-9-5-14(6-10-16)20-12(2)22/h3-11H,1-2H3,(H,20,22). The highest BCUT2D eigenvalue weighted by atomic mass is 35.5. The summed E-state index contributed by atoms with van der Waals surface area (Å²) in [6, 6.07) is 8.89. The SMILES string of the molecule is CC(=O)Nc1ccc(S(=O)(=O)N(c2ccc(F)cc2)C(C)C(=O)Cl)cc1. The van der Waals surface area contributed by atoms with E-state index in [9.17, 15) is 22.4 Å². The fourth-order valence-corrected chi connectivity index (χ4v) is 4.05. The normalized spacial score (nSPS) is 12.3. The van der Waals surface area contributed by atoms with Crippen LogP contribution in [0.3, 0.4) is 0 Å². The Morgan fingerprint density at radius 3 is 2.08 bits per heavy atom. The first kappa shape index (κ1) is 19.9. The third-order valence-corrected chi connectivity index (χ3v) is 5.72. The molecule has 2 aromatic rings. The molecule has 0 bridgehead atoms. The first-order chi connectivity index (χ1) is 12.1. The van der Waals surface area contributed by atoms with Crippen LogP contribution in [0.4, 0.5) is 15.8 Å². The lowest BCUT2D eigenvalue weighted by molar-refractivity contribution is -0.114. The number of nitrogens with one attached hydrogen (secondary N) is 1. The summed E-state index contributed by atoms with van der Waals surface area (Å²) in [6.45, 7) is 2.66. The Morgan fingerprint density at radius 1 is 1.08 bits per heavy atom. The predicted molar refractivity (Wildman–Crippen MR) is 97.1 cm³/mol. The number of hydrogen-bond acceptors (Lipinski definition) is 4. The lowest BCUT2D eigenvalue weighted by Gasteiger charge is -2.28. The van der Waals surface area contributed by atoms with E-state index in [4.69, 9.17) is 11.6 Å². The van der Waals surface area contributed by atoms with E-state index < -0.39 is 27.1 Å². The fourth-order valence-electron chi connectivity index (χ4n) is 2.28. The van der Waals surface area contributed by atoms with Crippen LogP contribution in [0.25, 0.3) is 0 Å². The van der Waals surface area contributed by atoms with Crippen LogP contribution in [-0.4, -0.2) is 25.6 Å². The molecule has 0 spiro atoms. The maximum absolute atomic E-state index is 13.2. The molecule has 0 saturated heterocycles. The zero-order chi connectivity index (χ0) is 19.5. The molecule has 0 radical (unpaired) electrons. The largest absolute Gasteiger partial charge is 0.326 e. The van der Waals surface area contributed by atoms with E-state index in [2.05, 4.69) is 5.32 Å². The molecule has 138 valence electrons. The van der Waals surface area contributed by atoms with Gasteiger partial charge in [-0.25, -0.2) is 12.8 Å². The molecule has 0 aliphatic rings. The highest BCUT2D eigenvalue weighted by molar-refractivity contribution is 7.93. The number of amides is 1. The summed E-state index contributed by atoms with van der Waals surface area (Å²) in [7, 11) is -4.16. The zero-order valence-corrected chi connectivity index (χ0v) is 15.5. The molecule has 0 fully saturated rings. The van der Waals surface area contributed by atoms with Gasteiger partial charge in [0.2, 0.25) is 11.1 Å². The van der Waals surface area contributed by atoms with Gasteiger partial charge in [-0.05, 0) is 67.1 Å². The summed E-state index contributed by atoms with van der Waals surface area (Å²) < 4.78 is 40.1.